The van der Waals surface area contributed by atoms with Gasteiger partial charge in [-0.05, 0) is 33.1 Å². The van der Waals surface area contributed by atoms with Gasteiger partial charge in [0, 0.05) is 31.7 Å². The van der Waals surface area contributed by atoms with Gasteiger partial charge in [-0.3, -0.25) is 0 Å². The molecule has 2 amide bonds. The van der Waals surface area contributed by atoms with E-state index in [0.717, 1.165) is 25.4 Å². The van der Waals surface area contributed by atoms with E-state index in [1.54, 1.807) is 6.33 Å². The van der Waals surface area contributed by atoms with Crippen molar-refractivity contribution in [2.75, 3.05) is 13.7 Å². The topological polar surface area (TPSA) is 72.3 Å². The first-order valence-electron chi connectivity index (χ1n) is 9.11. The van der Waals surface area contributed by atoms with Crippen molar-refractivity contribution < 1.29 is 9.53 Å². The van der Waals surface area contributed by atoms with E-state index in [2.05, 4.69) is 22.4 Å². The summed E-state index contributed by atoms with van der Waals surface area (Å²) in [6, 6.07) is 0.243. The third-order valence-corrected chi connectivity index (χ3v) is 5.87. The number of ether oxygens (including phenoxy) is 1. The molecule has 1 aromatic rings. The van der Waals surface area contributed by atoms with Crippen molar-refractivity contribution in [3.63, 3.8) is 0 Å². The molecule has 2 aliphatic rings. The number of carbonyl (C=O) groups excluding carboxylic acids is 1. The average Bonchev–Trinajstić information content (AvgIpc) is 3.25. The Morgan fingerprint density at radius 2 is 2.21 bits per heavy atom. The summed E-state index contributed by atoms with van der Waals surface area (Å²) in [6.07, 6.45) is 7.78. The van der Waals surface area contributed by atoms with Crippen molar-refractivity contribution in [2.24, 2.45) is 5.41 Å². The fraction of sp³-hybridized carbons (Fsp3) is 0.824. The molecule has 0 radical (unpaired) electrons. The van der Waals surface area contributed by atoms with Gasteiger partial charge in [-0.1, -0.05) is 12.8 Å². The van der Waals surface area contributed by atoms with Crippen LogP contribution in [0.3, 0.4) is 0 Å². The molecule has 7 heteroatoms. The van der Waals surface area contributed by atoms with Crippen LogP contribution in [-0.2, 0) is 17.8 Å². The lowest BCUT2D eigenvalue weighted by Gasteiger charge is -2.56. The molecule has 1 N–H and O–H groups in total. The molecule has 0 bridgehead atoms. The first-order chi connectivity index (χ1) is 11.6. The van der Waals surface area contributed by atoms with Gasteiger partial charge in [0.25, 0.3) is 0 Å². The fourth-order valence-corrected chi connectivity index (χ4v) is 4.49. The SMILES string of the molecule is CCO[C@H]1C[C@@H](N(C)C(=O)NCc2nncn2CC)C12CCCC2. The molecule has 2 saturated carbocycles. The number of amides is 2. The quantitative estimate of drug-likeness (QED) is 0.865. The van der Waals surface area contributed by atoms with Crippen LogP contribution >= 0.6 is 0 Å². The highest BCUT2D eigenvalue weighted by Gasteiger charge is 2.58. The molecule has 3 rings (SSSR count). The molecule has 0 saturated heterocycles. The zero-order valence-electron chi connectivity index (χ0n) is 15.0. The highest BCUT2D eigenvalue weighted by Crippen LogP contribution is 2.56. The number of nitrogens with one attached hydrogen (secondary N) is 1. The van der Waals surface area contributed by atoms with E-state index >= 15 is 0 Å². The molecule has 0 aliphatic heterocycles. The molecule has 1 spiro atoms. The number of hydrogen-bond donors (Lipinski definition) is 1. The van der Waals surface area contributed by atoms with Gasteiger partial charge in [0.1, 0.15) is 6.33 Å². The molecule has 0 aromatic carbocycles. The largest absolute Gasteiger partial charge is 0.378 e. The molecule has 0 unspecified atom stereocenters. The number of nitrogens with zero attached hydrogens (tertiary/aromatic N) is 4. The minimum atomic E-state index is -0.0353. The van der Waals surface area contributed by atoms with Gasteiger partial charge in [-0.25, -0.2) is 4.79 Å². The summed E-state index contributed by atoms with van der Waals surface area (Å²) < 4.78 is 7.88. The molecule has 24 heavy (non-hydrogen) atoms. The molecule has 134 valence electrons. The first kappa shape index (κ1) is 17.2. The lowest BCUT2D eigenvalue weighted by molar-refractivity contribution is -0.151. The van der Waals surface area contributed by atoms with Crippen LogP contribution < -0.4 is 5.32 Å². The summed E-state index contributed by atoms with van der Waals surface area (Å²) in [5, 5.41) is 10.9. The number of hydrogen-bond acceptors (Lipinski definition) is 4. The molecule has 1 heterocycles. The van der Waals surface area contributed by atoms with Crippen LogP contribution in [0.5, 0.6) is 0 Å². The molecule has 2 atom stereocenters. The van der Waals surface area contributed by atoms with Gasteiger partial charge in [0.15, 0.2) is 5.82 Å². The Morgan fingerprint density at radius 1 is 1.46 bits per heavy atom. The molecule has 2 aliphatic carbocycles. The van der Waals surface area contributed by atoms with Gasteiger partial charge < -0.3 is 19.5 Å². The van der Waals surface area contributed by atoms with E-state index in [0.29, 0.717) is 12.6 Å². The summed E-state index contributed by atoms with van der Waals surface area (Å²) in [5.41, 5.74) is 0.172. The second-order valence-electron chi connectivity index (χ2n) is 6.94. The summed E-state index contributed by atoms with van der Waals surface area (Å²) >= 11 is 0. The zero-order valence-corrected chi connectivity index (χ0v) is 15.0. The summed E-state index contributed by atoms with van der Waals surface area (Å²) in [5.74, 6) is 0.788. The Morgan fingerprint density at radius 3 is 2.88 bits per heavy atom. The number of aryl methyl sites for hydroxylation is 1. The highest BCUT2D eigenvalue weighted by molar-refractivity contribution is 5.74. The van der Waals surface area contributed by atoms with E-state index in [4.69, 9.17) is 4.74 Å². The van der Waals surface area contributed by atoms with Gasteiger partial charge in [0.05, 0.1) is 12.6 Å². The Hall–Kier alpha value is -1.63. The third-order valence-electron chi connectivity index (χ3n) is 5.87. The Bertz CT molecular complexity index is 567. The van der Waals surface area contributed by atoms with E-state index in [1.165, 1.54) is 25.7 Å². The molecular formula is C17H29N5O2. The van der Waals surface area contributed by atoms with Crippen molar-refractivity contribution in [3.05, 3.63) is 12.2 Å². The van der Waals surface area contributed by atoms with Crippen molar-refractivity contribution in [1.82, 2.24) is 25.0 Å². The Kier molecular flexibility index (Phi) is 5.08. The van der Waals surface area contributed by atoms with Crippen molar-refractivity contribution in [1.29, 1.82) is 0 Å². The second kappa shape index (κ2) is 7.09. The van der Waals surface area contributed by atoms with Gasteiger partial charge in [0.2, 0.25) is 0 Å². The fourth-order valence-electron chi connectivity index (χ4n) is 4.49. The summed E-state index contributed by atoms with van der Waals surface area (Å²) in [6.45, 7) is 6.05. The maximum absolute atomic E-state index is 12.6. The van der Waals surface area contributed by atoms with Crippen LogP contribution in [0.2, 0.25) is 0 Å². The minimum absolute atomic E-state index is 0.0353. The maximum Gasteiger partial charge on any atom is 0.317 e. The molecular weight excluding hydrogens is 306 g/mol. The normalized spacial score (nSPS) is 24.8. The number of rotatable bonds is 6. The van der Waals surface area contributed by atoms with Crippen LogP contribution in [0, 0.1) is 5.41 Å². The van der Waals surface area contributed by atoms with E-state index in [-0.39, 0.29) is 17.5 Å². The zero-order chi connectivity index (χ0) is 17.2. The van der Waals surface area contributed by atoms with Crippen LogP contribution in [0.1, 0.15) is 51.8 Å². The van der Waals surface area contributed by atoms with Crippen molar-refractivity contribution >= 4 is 6.03 Å². The van der Waals surface area contributed by atoms with Crippen LogP contribution in [0.15, 0.2) is 6.33 Å². The molecule has 1 aromatic heterocycles. The lowest BCUT2D eigenvalue weighted by Crippen LogP contribution is -2.65. The van der Waals surface area contributed by atoms with E-state index in [1.807, 2.05) is 23.4 Å². The summed E-state index contributed by atoms with van der Waals surface area (Å²) in [4.78, 5) is 14.5. The second-order valence-corrected chi connectivity index (χ2v) is 6.94. The molecule has 7 nitrogen and oxygen atoms in total. The average molecular weight is 335 g/mol. The van der Waals surface area contributed by atoms with Crippen molar-refractivity contribution in [3.8, 4) is 0 Å². The first-order valence-corrected chi connectivity index (χ1v) is 9.11. The standard InChI is InChI=1S/C17H29N5O2/c1-4-22-12-19-20-15(22)11-18-16(23)21(3)13-10-14(24-5-2)17(13)8-6-7-9-17/h12-14H,4-11H2,1-3H3,(H,18,23)/t13-,14+/m1/s1. The predicted octanol–water partition coefficient (Wildman–Crippen LogP) is 2.18. The number of carbonyl (C=O) groups is 1. The lowest BCUT2D eigenvalue weighted by atomic mass is 9.60. The van der Waals surface area contributed by atoms with Crippen LogP contribution in [0.25, 0.3) is 0 Å². The molecule has 2 fully saturated rings. The van der Waals surface area contributed by atoms with Gasteiger partial charge >= 0.3 is 6.03 Å². The maximum atomic E-state index is 12.6. The number of aromatic nitrogens is 3. The predicted molar refractivity (Wildman–Crippen MR) is 90.4 cm³/mol. The summed E-state index contributed by atoms with van der Waals surface area (Å²) in [7, 11) is 1.91. The van der Waals surface area contributed by atoms with Crippen LogP contribution in [-0.4, -0.2) is 51.5 Å². The smallest absolute Gasteiger partial charge is 0.317 e. The van der Waals surface area contributed by atoms with E-state index < -0.39 is 0 Å². The van der Waals surface area contributed by atoms with Crippen molar-refractivity contribution in [2.45, 2.75) is 71.2 Å². The Balaban J connectivity index is 1.59. The third kappa shape index (κ3) is 2.90. The van der Waals surface area contributed by atoms with Gasteiger partial charge in [-0.2, -0.15) is 0 Å². The Labute approximate surface area is 143 Å². The van der Waals surface area contributed by atoms with Crippen LogP contribution in [0.4, 0.5) is 4.79 Å². The van der Waals surface area contributed by atoms with Gasteiger partial charge in [-0.15, -0.1) is 10.2 Å². The minimum Gasteiger partial charge on any atom is -0.378 e. The monoisotopic (exact) mass is 335 g/mol. The van der Waals surface area contributed by atoms with E-state index in [9.17, 15) is 4.79 Å². The highest BCUT2D eigenvalue weighted by atomic mass is 16.5. The number of urea groups is 1.